The van der Waals surface area contributed by atoms with Gasteiger partial charge in [0.25, 0.3) is 5.56 Å². The van der Waals surface area contributed by atoms with E-state index in [1.807, 2.05) is 66.6 Å². The SMILES string of the molecule is CNc1cc(-c2cc(C)c3nc(C)cn3n2)cc2ccn(C3CCNC3)c(=O)c12. The number of nitrogens with one attached hydrogen (secondary N) is 2. The molecule has 1 aliphatic heterocycles. The van der Waals surface area contributed by atoms with E-state index < -0.39 is 0 Å². The van der Waals surface area contributed by atoms with E-state index in [-0.39, 0.29) is 11.6 Å². The molecule has 29 heavy (non-hydrogen) atoms. The Morgan fingerprint density at radius 1 is 1.24 bits per heavy atom. The monoisotopic (exact) mass is 388 g/mol. The number of aryl methyl sites for hydroxylation is 2. The van der Waals surface area contributed by atoms with Gasteiger partial charge in [-0.1, -0.05) is 0 Å². The van der Waals surface area contributed by atoms with Gasteiger partial charge in [-0.05, 0) is 62.0 Å². The molecular formula is C22H24N6O. The Morgan fingerprint density at radius 3 is 2.86 bits per heavy atom. The molecule has 5 rings (SSSR count). The number of nitrogens with zero attached hydrogens (tertiary/aromatic N) is 4. The van der Waals surface area contributed by atoms with Crippen LogP contribution in [0.25, 0.3) is 27.7 Å². The molecule has 148 valence electrons. The summed E-state index contributed by atoms with van der Waals surface area (Å²) in [6, 6.07) is 8.36. The summed E-state index contributed by atoms with van der Waals surface area (Å²) < 4.78 is 3.69. The zero-order valence-corrected chi connectivity index (χ0v) is 16.9. The predicted octanol–water partition coefficient (Wildman–Crippen LogP) is 2.90. The van der Waals surface area contributed by atoms with Crippen LogP contribution < -0.4 is 16.2 Å². The number of fused-ring (bicyclic) bond motifs is 2. The third-order valence-corrected chi connectivity index (χ3v) is 5.75. The fraction of sp³-hybridized carbons (Fsp3) is 0.318. The molecule has 0 radical (unpaired) electrons. The van der Waals surface area contributed by atoms with E-state index in [4.69, 9.17) is 5.10 Å². The van der Waals surface area contributed by atoms with Gasteiger partial charge in [-0.25, -0.2) is 9.50 Å². The lowest BCUT2D eigenvalue weighted by atomic mass is 10.0. The highest BCUT2D eigenvalue weighted by atomic mass is 16.1. The fourth-order valence-corrected chi connectivity index (χ4v) is 4.29. The van der Waals surface area contributed by atoms with Gasteiger partial charge < -0.3 is 15.2 Å². The molecule has 0 aliphatic carbocycles. The molecule has 2 N–H and O–H groups in total. The molecule has 0 amide bonds. The van der Waals surface area contributed by atoms with Crippen LogP contribution >= 0.6 is 0 Å². The summed E-state index contributed by atoms with van der Waals surface area (Å²) in [6.45, 7) is 5.80. The molecular weight excluding hydrogens is 364 g/mol. The minimum Gasteiger partial charge on any atom is -0.387 e. The van der Waals surface area contributed by atoms with Crippen LogP contribution in [0.5, 0.6) is 0 Å². The van der Waals surface area contributed by atoms with Crippen LogP contribution in [0.15, 0.2) is 41.5 Å². The van der Waals surface area contributed by atoms with Gasteiger partial charge >= 0.3 is 0 Å². The van der Waals surface area contributed by atoms with E-state index in [0.717, 1.165) is 64.1 Å². The summed E-state index contributed by atoms with van der Waals surface area (Å²) in [5, 5.41) is 12.9. The van der Waals surface area contributed by atoms with Crippen molar-refractivity contribution in [2.24, 2.45) is 0 Å². The normalized spacial score (nSPS) is 16.7. The average Bonchev–Trinajstić information content (AvgIpc) is 3.36. The van der Waals surface area contributed by atoms with Crippen LogP contribution in [0.4, 0.5) is 5.69 Å². The highest BCUT2D eigenvalue weighted by molar-refractivity contribution is 5.96. The Morgan fingerprint density at radius 2 is 2.10 bits per heavy atom. The molecule has 1 fully saturated rings. The van der Waals surface area contributed by atoms with Gasteiger partial charge in [0.15, 0.2) is 5.65 Å². The van der Waals surface area contributed by atoms with Gasteiger partial charge in [-0.15, -0.1) is 0 Å². The van der Waals surface area contributed by atoms with E-state index in [2.05, 4.69) is 15.6 Å². The molecule has 0 spiro atoms. The van der Waals surface area contributed by atoms with Crippen molar-refractivity contribution in [3.8, 4) is 11.3 Å². The fourth-order valence-electron chi connectivity index (χ4n) is 4.29. The Balaban J connectivity index is 1.70. The van der Waals surface area contributed by atoms with Crippen molar-refractivity contribution in [1.29, 1.82) is 0 Å². The zero-order valence-electron chi connectivity index (χ0n) is 16.9. The minimum absolute atomic E-state index is 0.0527. The molecule has 4 aromatic rings. The van der Waals surface area contributed by atoms with Crippen molar-refractivity contribution >= 4 is 22.1 Å². The first-order chi connectivity index (χ1) is 14.0. The van der Waals surface area contributed by atoms with Crippen LogP contribution in [0.1, 0.15) is 23.7 Å². The number of hydrogen-bond acceptors (Lipinski definition) is 5. The van der Waals surface area contributed by atoms with Gasteiger partial charge in [-0.2, -0.15) is 5.10 Å². The highest BCUT2D eigenvalue weighted by Gasteiger charge is 2.20. The molecule has 3 aromatic heterocycles. The molecule has 0 saturated carbocycles. The summed E-state index contributed by atoms with van der Waals surface area (Å²) in [7, 11) is 1.85. The van der Waals surface area contributed by atoms with Gasteiger partial charge in [0, 0.05) is 31.0 Å². The summed E-state index contributed by atoms with van der Waals surface area (Å²) >= 11 is 0. The van der Waals surface area contributed by atoms with Crippen molar-refractivity contribution in [2.45, 2.75) is 26.3 Å². The highest BCUT2D eigenvalue weighted by Crippen LogP contribution is 2.29. The number of pyridine rings is 1. The third kappa shape index (κ3) is 2.89. The first-order valence-electron chi connectivity index (χ1n) is 9.96. The number of anilines is 1. The van der Waals surface area contributed by atoms with Crippen molar-refractivity contribution in [1.82, 2.24) is 24.5 Å². The predicted molar refractivity (Wildman–Crippen MR) is 116 cm³/mol. The van der Waals surface area contributed by atoms with E-state index >= 15 is 0 Å². The lowest BCUT2D eigenvalue weighted by Crippen LogP contribution is -2.26. The average molecular weight is 388 g/mol. The van der Waals surface area contributed by atoms with Crippen LogP contribution in [0.3, 0.4) is 0 Å². The topological polar surface area (TPSA) is 76.2 Å². The smallest absolute Gasteiger partial charge is 0.260 e. The molecule has 1 saturated heterocycles. The molecule has 1 aliphatic rings. The van der Waals surface area contributed by atoms with Crippen LogP contribution in [-0.2, 0) is 0 Å². The number of imidazole rings is 1. The van der Waals surface area contributed by atoms with Crippen molar-refractivity contribution in [3.05, 3.63) is 58.3 Å². The van der Waals surface area contributed by atoms with Gasteiger partial charge in [0.05, 0.1) is 29.0 Å². The Bertz CT molecular complexity index is 1300. The summed E-state index contributed by atoms with van der Waals surface area (Å²) in [5.74, 6) is 0. The van der Waals surface area contributed by atoms with E-state index in [1.54, 1.807) is 0 Å². The minimum atomic E-state index is 0.0527. The molecule has 7 heteroatoms. The second-order valence-electron chi connectivity index (χ2n) is 7.78. The maximum absolute atomic E-state index is 13.2. The lowest BCUT2D eigenvalue weighted by Gasteiger charge is -2.16. The van der Waals surface area contributed by atoms with Crippen molar-refractivity contribution < 1.29 is 0 Å². The molecule has 1 unspecified atom stereocenters. The summed E-state index contributed by atoms with van der Waals surface area (Å²) in [5.41, 5.74) is 5.58. The molecule has 7 nitrogen and oxygen atoms in total. The van der Waals surface area contributed by atoms with E-state index in [0.29, 0.717) is 0 Å². The van der Waals surface area contributed by atoms with E-state index in [1.165, 1.54) is 0 Å². The van der Waals surface area contributed by atoms with Gasteiger partial charge in [0.2, 0.25) is 0 Å². The number of aromatic nitrogens is 4. The summed E-state index contributed by atoms with van der Waals surface area (Å²) in [6.07, 6.45) is 4.83. The number of rotatable bonds is 3. The first-order valence-corrected chi connectivity index (χ1v) is 9.96. The largest absolute Gasteiger partial charge is 0.387 e. The maximum atomic E-state index is 13.2. The lowest BCUT2D eigenvalue weighted by molar-refractivity contribution is 0.533. The van der Waals surface area contributed by atoms with E-state index in [9.17, 15) is 4.79 Å². The quantitative estimate of drug-likeness (QED) is 0.564. The van der Waals surface area contributed by atoms with Crippen molar-refractivity contribution in [3.63, 3.8) is 0 Å². The van der Waals surface area contributed by atoms with Crippen molar-refractivity contribution in [2.75, 3.05) is 25.5 Å². The van der Waals surface area contributed by atoms with Crippen LogP contribution in [0, 0.1) is 13.8 Å². The summed E-state index contributed by atoms with van der Waals surface area (Å²) in [4.78, 5) is 17.8. The molecule has 1 aromatic carbocycles. The standard InChI is InChI=1S/C22H24N6O/c1-13-8-18(26-28-12-14(2)25-21(13)28)16-9-15-5-7-27(17-4-6-24-11-17)22(29)20(15)19(10-16)23-3/h5,7-10,12,17,23-24H,4,6,11H2,1-3H3. The Labute approximate surface area is 168 Å². The number of benzene rings is 1. The van der Waals surface area contributed by atoms with Gasteiger partial charge in [-0.3, -0.25) is 4.79 Å². The molecule has 4 heterocycles. The second kappa shape index (κ2) is 6.70. The zero-order chi connectivity index (χ0) is 20.1. The Hall–Kier alpha value is -3.19. The first kappa shape index (κ1) is 17.9. The third-order valence-electron chi connectivity index (χ3n) is 5.75. The second-order valence-corrected chi connectivity index (χ2v) is 7.78. The molecule has 1 atom stereocenters. The number of hydrogen-bond donors (Lipinski definition) is 2. The van der Waals surface area contributed by atoms with Crippen LogP contribution in [0.2, 0.25) is 0 Å². The Kier molecular flexibility index (Phi) is 4.13. The maximum Gasteiger partial charge on any atom is 0.260 e. The van der Waals surface area contributed by atoms with Crippen LogP contribution in [-0.4, -0.2) is 39.3 Å². The van der Waals surface area contributed by atoms with Gasteiger partial charge in [0.1, 0.15) is 0 Å². The molecule has 0 bridgehead atoms.